The minimum absolute atomic E-state index is 0.282. The molecule has 0 aromatic heterocycles. The first-order valence-electron chi connectivity index (χ1n) is 11.0. The van der Waals surface area contributed by atoms with E-state index in [9.17, 15) is 8.42 Å². The lowest BCUT2D eigenvalue weighted by atomic mass is 9.95. The Morgan fingerprint density at radius 1 is 0.875 bits per heavy atom. The highest BCUT2D eigenvalue weighted by Crippen LogP contribution is 2.36. The van der Waals surface area contributed by atoms with Crippen molar-refractivity contribution in [2.45, 2.75) is 44.0 Å². The standard InChI is InChI=1S/C27H28N2O2S/c1-3-4-15-24-20-29(32(30,31)25-18-16-21(2)17-19-25)27(23-13-9-6-10-14-23)26(28-24)22-11-7-5-8-12-22/h5-14,16-20,27H,3-4,15H2,1-2H3. The normalized spacial score (nSPS) is 16.4. The van der Waals surface area contributed by atoms with E-state index in [-0.39, 0.29) is 4.90 Å². The van der Waals surface area contributed by atoms with E-state index in [0.717, 1.165) is 47.4 Å². The van der Waals surface area contributed by atoms with Crippen LogP contribution in [0, 0.1) is 6.92 Å². The molecule has 0 amide bonds. The van der Waals surface area contributed by atoms with Crippen LogP contribution in [-0.2, 0) is 10.0 Å². The van der Waals surface area contributed by atoms with Gasteiger partial charge in [-0.2, -0.15) is 0 Å². The molecule has 1 atom stereocenters. The molecule has 3 aromatic carbocycles. The third-order valence-corrected chi connectivity index (χ3v) is 7.36. The molecular weight excluding hydrogens is 416 g/mol. The lowest BCUT2D eigenvalue weighted by molar-refractivity contribution is 0.462. The molecule has 0 spiro atoms. The first kappa shape index (κ1) is 22.0. The molecule has 32 heavy (non-hydrogen) atoms. The van der Waals surface area contributed by atoms with Crippen molar-refractivity contribution < 1.29 is 8.42 Å². The van der Waals surface area contributed by atoms with Crippen molar-refractivity contribution in [2.75, 3.05) is 0 Å². The summed E-state index contributed by atoms with van der Waals surface area (Å²) in [6, 6.07) is 26.1. The molecule has 0 N–H and O–H groups in total. The second kappa shape index (κ2) is 9.53. The number of nitrogens with zero attached hydrogens (tertiary/aromatic N) is 2. The Balaban J connectivity index is 1.91. The summed E-state index contributed by atoms with van der Waals surface area (Å²) in [5, 5.41) is 0. The third kappa shape index (κ3) is 4.53. The summed E-state index contributed by atoms with van der Waals surface area (Å²) in [6.07, 6.45) is 4.43. The van der Waals surface area contributed by atoms with E-state index in [0.29, 0.717) is 0 Å². The summed E-state index contributed by atoms with van der Waals surface area (Å²) in [5.41, 5.74) is 4.37. The van der Waals surface area contributed by atoms with Gasteiger partial charge in [-0.25, -0.2) is 8.42 Å². The van der Waals surface area contributed by atoms with Gasteiger partial charge in [0.1, 0.15) is 6.04 Å². The monoisotopic (exact) mass is 444 g/mol. The molecule has 0 saturated heterocycles. The summed E-state index contributed by atoms with van der Waals surface area (Å²) in [6.45, 7) is 4.08. The SMILES string of the molecule is CCCCC1=CN(S(=O)(=O)c2ccc(C)cc2)C(c2ccccc2)C(c2ccccc2)=N1. The molecule has 0 aliphatic carbocycles. The predicted molar refractivity (Wildman–Crippen MR) is 130 cm³/mol. The Morgan fingerprint density at radius 3 is 2.12 bits per heavy atom. The molecule has 4 rings (SSSR count). The third-order valence-electron chi connectivity index (χ3n) is 5.62. The Bertz CT molecular complexity index is 1220. The van der Waals surface area contributed by atoms with Crippen LogP contribution in [0.2, 0.25) is 0 Å². The van der Waals surface area contributed by atoms with E-state index in [1.165, 1.54) is 4.31 Å². The van der Waals surface area contributed by atoms with Crippen LogP contribution in [0.1, 0.15) is 48.9 Å². The highest BCUT2D eigenvalue weighted by Gasteiger charge is 2.36. The van der Waals surface area contributed by atoms with Crippen molar-refractivity contribution in [1.29, 1.82) is 0 Å². The summed E-state index contributed by atoms with van der Waals surface area (Å²) >= 11 is 0. The fourth-order valence-corrected chi connectivity index (χ4v) is 5.36. The lowest BCUT2D eigenvalue weighted by Crippen LogP contribution is -2.38. The quantitative estimate of drug-likeness (QED) is 0.432. The van der Waals surface area contributed by atoms with Crippen LogP contribution in [0.25, 0.3) is 0 Å². The van der Waals surface area contributed by atoms with Gasteiger partial charge in [0.05, 0.1) is 16.3 Å². The van der Waals surface area contributed by atoms with Gasteiger partial charge >= 0.3 is 0 Å². The average Bonchev–Trinajstić information content (AvgIpc) is 2.83. The van der Waals surface area contributed by atoms with Crippen molar-refractivity contribution in [3.05, 3.63) is 114 Å². The van der Waals surface area contributed by atoms with E-state index in [1.54, 1.807) is 18.3 Å². The van der Waals surface area contributed by atoms with Gasteiger partial charge < -0.3 is 0 Å². The zero-order valence-corrected chi connectivity index (χ0v) is 19.3. The zero-order valence-electron chi connectivity index (χ0n) is 18.5. The number of hydrogen-bond donors (Lipinski definition) is 0. The molecule has 1 aliphatic heterocycles. The summed E-state index contributed by atoms with van der Waals surface area (Å²) in [5.74, 6) is 0. The number of unbranched alkanes of at least 4 members (excludes halogenated alkanes) is 1. The highest BCUT2D eigenvalue weighted by atomic mass is 32.2. The molecule has 1 unspecified atom stereocenters. The number of rotatable bonds is 7. The molecule has 0 saturated carbocycles. The maximum absolute atomic E-state index is 13.9. The van der Waals surface area contributed by atoms with E-state index in [4.69, 9.17) is 4.99 Å². The van der Waals surface area contributed by atoms with Crippen LogP contribution >= 0.6 is 0 Å². The largest absolute Gasteiger partial charge is 0.264 e. The number of sulfonamides is 1. The van der Waals surface area contributed by atoms with E-state index in [2.05, 4.69) is 6.92 Å². The van der Waals surface area contributed by atoms with Gasteiger partial charge in [0.25, 0.3) is 10.0 Å². The van der Waals surface area contributed by atoms with Crippen LogP contribution in [0.5, 0.6) is 0 Å². The van der Waals surface area contributed by atoms with Gasteiger partial charge in [-0.1, -0.05) is 91.7 Å². The highest BCUT2D eigenvalue weighted by molar-refractivity contribution is 7.89. The molecule has 1 heterocycles. The van der Waals surface area contributed by atoms with Gasteiger partial charge in [-0.05, 0) is 43.0 Å². The molecule has 0 fully saturated rings. The van der Waals surface area contributed by atoms with Gasteiger partial charge in [0.15, 0.2) is 0 Å². The van der Waals surface area contributed by atoms with Crippen molar-refractivity contribution in [3.8, 4) is 0 Å². The van der Waals surface area contributed by atoms with E-state index in [1.807, 2.05) is 79.7 Å². The minimum Gasteiger partial charge on any atom is -0.258 e. The summed E-state index contributed by atoms with van der Waals surface area (Å²) < 4.78 is 29.3. The second-order valence-electron chi connectivity index (χ2n) is 8.05. The number of benzene rings is 3. The van der Waals surface area contributed by atoms with Crippen LogP contribution < -0.4 is 0 Å². The number of allylic oxidation sites excluding steroid dienone is 1. The molecule has 0 radical (unpaired) electrons. The first-order valence-corrected chi connectivity index (χ1v) is 12.4. The van der Waals surface area contributed by atoms with Gasteiger partial charge in [0.2, 0.25) is 0 Å². The predicted octanol–water partition coefficient (Wildman–Crippen LogP) is 6.26. The van der Waals surface area contributed by atoms with Gasteiger partial charge in [-0.15, -0.1) is 0 Å². The molecule has 0 bridgehead atoms. The Hall–Kier alpha value is -3.18. The molecule has 3 aromatic rings. The van der Waals surface area contributed by atoms with E-state index < -0.39 is 16.1 Å². The number of hydrogen-bond acceptors (Lipinski definition) is 3. The fourth-order valence-electron chi connectivity index (χ4n) is 3.88. The van der Waals surface area contributed by atoms with E-state index >= 15 is 0 Å². The van der Waals surface area contributed by atoms with Crippen molar-refractivity contribution in [1.82, 2.24) is 4.31 Å². The van der Waals surface area contributed by atoms with Crippen LogP contribution in [0.3, 0.4) is 0 Å². The van der Waals surface area contributed by atoms with Crippen molar-refractivity contribution in [3.63, 3.8) is 0 Å². The molecule has 1 aliphatic rings. The topological polar surface area (TPSA) is 49.7 Å². The maximum Gasteiger partial charge on any atom is 0.264 e. The molecule has 5 heteroatoms. The molecule has 164 valence electrons. The van der Waals surface area contributed by atoms with Crippen molar-refractivity contribution >= 4 is 15.7 Å². The van der Waals surface area contributed by atoms with Crippen LogP contribution in [-0.4, -0.2) is 18.4 Å². The maximum atomic E-state index is 13.9. The summed E-state index contributed by atoms with van der Waals surface area (Å²) in [4.78, 5) is 5.27. The Kier molecular flexibility index (Phi) is 6.56. The second-order valence-corrected chi connectivity index (χ2v) is 9.89. The Labute approximate surface area is 191 Å². The zero-order chi connectivity index (χ0) is 22.6. The fraction of sp³-hybridized carbons (Fsp3) is 0.222. The van der Waals surface area contributed by atoms with Crippen LogP contribution in [0.4, 0.5) is 0 Å². The van der Waals surface area contributed by atoms with Crippen LogP contribution in [0.15, 0.2) is 107 Å². The van der Waals surface area contributed by atoms with Gasteiger partial charge in [-0.3, -0.25) is 9.30 Å². The number of aliphatic imine (C=N–C) groups is 1. The lowest BCUT2D eigenvalue weighted by Gasteiger charge is -2.35. The molecule has 4 nitrogen and oxygen atoms in total. The number of aryl methyl sites for hydroxylation is 1. The van der Waals surface area contributed by atoms with Crippen molar-refractivity contribution in [2.24, 2.45) is 4.99 Å². The van der Waals surface area contributed by atoms with Gasteiger partial charge in [0, 0.05) is 6.20 Å². The Morgan fingerprint density at radius 2 is 1.50 bits per heavy atom. The summed E-state index contributed by atoms with van der Waals surface area (Å²) in [7, 11) is -3.80. The first-order chi connectivity index (χ1) is 15.5. The minimum atomic E-state index is -3.80. The smallest absolute Gasteiger partial charge is 0.258 e. The molecular formula is C27H28N2O2S. The average molecular weight is 445 g/mol.